The second kappa shape index (κ2) is 10.0. The highest BCUT2D eigenvalue weighted by Crippen LogP contribution is 2.28. The first-order chi connectivity index (χ1) is 18.2. The Bertz CT molecular complexity index is 1740. The lowest BCUT2D eigenvalue weighted by Crippen LogP contribution is -2.16. The minimum Gasteiger partial charge on any atom is -0.321 e. The molecule has 3 heterocycles. The molecule has 12 nitrogen and oxygen atoms in total. The Morgan fingerprint density at radius 1 is 1.08 bits per heavy atom. The molecule has 192 valence electrons. The Labute approximate surface area is 221 Å². The summed E-state index contributed by atoms with van der Waals surface area (Å²) in [5, 5.41) is 22.6. The number of halogens is 1. The van der Waals surface area contributed by atoms with Crippen LogP contribution in [0.25, 0.3) is 11.4 Å². The van der Waals surface area contributed by atoms with Crippen LogP contribution in [0.1, 0.15) is 11.3 Å². The molecule has 0 bridgehead atoms. The molecular formula is C24H19ClN8O4S. The summed E-state index contributed by atoms with van der Waals surface area (Å²) < 4.78 is 28.7. The molecule has 0 aliphatic carbocycles. The number of hydrogen-bond acceptors (Lipinski definition) is 9. The third kappa shape index (κ3) is 5.10. The van der Waals surface area contributed by atoms with Crippen LogP contribution < -0.4 is 5.32 Å². The van der Waals surface area contributed by atoms with Crippen molar-refractivity contribution in [1.82, 2.24) is 28.9 Å². The molecule has 14 heteroatoms. The lowest BCUT2D eigenvalue weighted by molar-refractivity contribution is -0.384. The molecule has 3 aromatic heterocycles. The number of nitrogens with zero attached hydrogens (tertiary/aromatic N) is 7. The summed E-state index contributed by atoms with van der Waals surface area (Å²) in [5.74, 6) is 0.206. The highest BCUT2D eigenvalue weighted by atomic mass is 35.5. The SMILES string of the molecule is Cc1cc(-c2nc(Nc3cnn(Cc4ccc([N+](=O)[O-])cc4)c3)ncc2Cl)nn1S(=O)(=O)c1ccccc1. The molecule has 5 aromatic rings. The summed E-state index contributed by atoms with van der Waals surface area (Å²) >= 11 is 6.34. The van der Waals surface area contributed by atoms with Gasteiger partial charge in [-0.2, -0.15) is 22.7 Å². The number of nitro benzene ring substituents is 1. The van der Waals surface area contributed by atoms with E-state index in [1.807, 2.05) is 0 Å². The van der Waals surface area contributed by atoms with Gasteiger partial charge in [0.05, 0.1) is 45.2 Å². The van der Waals surface area contributed by atoms with Crippen LogP contribution in [0.15, 0.2) is 84.1 Å². The van der Waals surface area contributed by atoms with Gasteiger partial charge < -0.3 is 5.32 Å². The normalized spacial score (nSPS) is 11.4. The summed E-state index contributed by atoms with van der Waals surface area (Å²) in [4.78, 5) is 19.1. The van der Waals surface area contributed by atoms with Crippen LogP contribution in [-0.2, 0) is 16.6 Å². The Morgan fingerprint density at radius 2 is 1.82 bits per heavy atom. The van der Waals surface area contributed by atoms with E-state index in [1.54, 1.807) is 60.4 Å². The second-order valence-electron chi connectivity index (χ2n) is 8.20. The molecular weight excluding hydrogens is 532 g/mol. The first-order valence-electron chi connectivity index (χ1n) is 11.1. The predicted molar refractivity (Wildman–Crippen MR) is 140 cm³/mol. The Morgan fingerprint density at radius 3 is 2.53 bits per heavy atom. The Kier molecular flexibility index (Phi) is 6.61. The van der Waals surface area contributed by atoms with Crippen molar-refractivity contribution in [2.45, 2.75) is 18.4 Å². The van der Waals surface area contributed by atoms with Crippen molar-refractivity contribution in [2.24, 2.45) is 0 Å². The maximum absolute atomic E-state index is 13.1. The van der Waals surface area contributed by atoms with Gasteiger partial charge in [0.2, 0.25) is 5.95 Å². The van der Waals surface area contributed by atoms with Crippen LogP contribution in [0.4, 0.5) is 17.3 Å². The van der Waals surface area contributed by atoms with Crippen molar-refractivity contribution in [3.63, 3.8) is 0 Å². The summed E-state index contributed by atoms with van der Waals surface area (Å²) in [6.07, 6.45) is 4.70. The van der Waals surface area contributed by atoms with Crippen LogP contribution in [0.3, 0.4) is 0 Å². The molecule has 2 aromatic carbocycles. The molecule has 0 unspecified atom stereocenters. The third-order valence-corrected chi connectivity index (χ3v) is 7.45. The fourth-order valence-corrected chi connectivity index (χ4v) is 5.19. The average Bonchev–Trinajstić information content (AvgIpc) is 3.52. The number of rotatable bonds is 8. The number of nitrogens with one attached hydrogen (secondary N) is 1. The predicted octanol–water partition coefficient (Wildman–Crippen LogP) is 4.44. The monoisotopic (exact) mass is 550 g/mol. The van der Waals surface area contributed by atoms with E-state index >= 15 is 0 Å². The van der Waals surface area contributed by atoms with E-state index in [4.69, 9.17) is 11.6 Å². The summed E-state index contributed by atoms with van der Waals surface area (Å²) in [5.41, 5.74) is 2.37. The molecule has 0 saturated heterocycles. The van der Waals surface area contributed by atoms with Crippen molar-refractivity contribution < 1.29 is 13.3 Å². The zero-order valence-electron chi connectivity index (χ0n) is 19.8. The number of nitro groups is 1. The van der Waals surface area contributed by atoms with Crippen LogP contribution in [-0.4, -0.2) is 42.3 Å². The van der Waals surface area contributed by atoms with E-state index in [1.165, 1.54) is 30.5 Å². The number of hydrogen-bond donors (Lipinski definition) is 1. The van der Waals surface area contributed by atoms with Crippen molar-refractivity contribution in [2.75, 3.05) is 5.32 Å². The Balaban J connectivity index is 1.36. The second-order valence-corrected chi connectivity index (χ2v) is 10.4. The van der Waals surface area contributed by atoms with Gasteiger partial charge >= 0.3 is 0 Å². The van der Waals surface area contributed by atoms with E-state index in [0.29, 0.717) is 17.9 Å². The van der Waals surface area contributed by atoms with Gasteiger partial charge in [-0.3, -0.25) is 14.8 Å². The first kappa shape index (κ1) is 25.0. The molecule has 0 radical (unpaired) electrons. The van der Waals surface area contributed by atoms with E-state index in [9.17, 15) is 18.5 Å². The van der Waals surface area contributed by atoms with Crippen molar-refractivity contribution in [3.8, 4) is 11.4 Å². The van der Waals surface area contributed by atoms with E-state index in [0.717, 1.165) is 9.65 Å². The highest BCUT2D eigenvalue weighted by Gasteiger charge is 2.22. The fraction of sp³-hybridized carbons (Fsp3) is 0.0833. The number of aromatic nitrogens is 6. The molecule has 38 heavy (non-hydrogen) atoms. The van der Waals surface area contributed by atoms with Gasteiger partial charge in [-0.25, -0.2) is 9.97 Å². The quantitative estimate of drug-likeness (QED) is 0.218. The molecule has 0 spiro atoms. The van der Waals surface area contributed by atoms with Gasteiger partial charge in [0, 0.05) is 18.3 Å². The minimum absolute atomic E-state index is 0.0185. The first-order valence-corrected chi connectivity index (χ1v) is 13.0. The summed E-state index contributed by atoms with van der Waals surface area (Å²) in [6.45, 7) is 2.03. The fourth-order valence-electron chi connectivity index (χ4n) is 3.67. The van der Waals surface area contributed by atoms with Gasteiger partial charge in [-0.1, -0.05) is 41.9 Å². The van der Waals surface area contributed by atoms with Crippen molar-refractivity contribution in [1.29, 1.82) is 0 Å². The molecule has 0 aliphatic heterocycles. The zero-order chi connectivity index (χ0) is 26.9. The van der Waals surface area contributed by atoms with Crippen LogP contribution >= 0.6 is 11.6 Å². The standard InChI is InChI=1S/C24H19ClN8O4S/c1-16-11-22(30-32(16)38(36,37)20-5-3-2-4-6-20)23-21(25)13-26-24(29-23)28-18-12-27-31(15-18)14-17-7-9-19(10-8-17)33(34)35/h2-13,15H,14H2,1H3,(H,26,28,29). The van der Waals surface area contributed by atoms with Crippen molar-refractivity contribution >= 4 is 38.9 Å². The van der Waals surface area contributed by atoms with Gasteiger partial charge in [-0.05, 0) is 30.7 Å². The molecule has 0 atom stereocenters. The smallest absolute Gasteiger partial charge is 0.283 e. The molecule has 0 saturated carbocycles. The Hall–Kier alpha value is -4.62. The number of anilines is 2. The molecule has 1 N–H and O–H groups in total. The lowest BCUT2D eigenvalue weighted by atomic mass is 10.2. The summed E-state index contributed by atoms with van der Waals surface area (Å²) in [7, 11) is -3.90. The number of aryl methyl sites for hydroxylation is 1. The average molecular weight is 551 g/mol. The van der Waals surface area contributed by atoms with Gasteiger partial charge in [0.1, 0.15) is 11.4 Å². The van der Waals surface area contributed by atoms with Gasteiger partial charge in [0.15, 0.2) is 0 Å². The van der Waals surface area contributed by atoms with Crippen LogP contribution in [0, 0.1) is 17.0 Å². The molecule has 0 fully saturated rings. The maximum Gasteiger partial charge on any atom is 0.283 e. The highest BCUT2D eigenvalue weighted by molar-refractivity contribution is 7.89. The molecule has 0 amide bonds. The molecule has 0 aliphatic rings. The minimum atomic E-state index is -3.90. The number of benzene rings is 2. The van der Waals surface area contributed by atoms with Crippen molar-refractivity contribution in [3.05, 3.63) is 106 Å². The molecule has 5 rings (SSSR count). The summed E-state index contributed by atoms with van der Waals surface area (Å²) in [6, 6.07) is 15.8. The van der Waals surface area contributed by atoms with Crippen LogP contribution in [0.2, 0.25) is 5.02 Å². The van der Waals surface area contributed by atoms with E-state index in [2.05, 4.69) is 25.5 Å². The number of non-ortho nitro benzene ring substituents is 1. The van der Waals surface area contributed by atoms with E-state index < -0.39 is 14.9 Å². The van der Waals surface area contributed by atoms with Crippen LogP contribution in [0.5, 0.6) is 0 Å². The van der Waals surface area contributed by atoms with E-state index in [-0.39, 0.29) is 32.9 Å². The largest absolute Gasteiger partial charge is 0.321 e. The lowest BCUT2D eigenvalue weighted by Gasteiger charge is -2.07. The topological polar surface area (TPSA) is 151 Å². The maximum atomic E-state index is 13.1. The third-order valence-electron chi connectivity index (χ3n) is 5.48. The van der Waals surface area contributed by atoms with Gasteiger partial charge in [-0.15, -0.1) is 0 Å². The van der Waals surface area contributed by atoms with Gasteiger partial charge in [0.25, 0.3) is 15.7 Å². The zero-order valence-corrected chi connectivity index (χ0v) is 21.3.